The molecule has 0 bridgehead atoms. The Balaban J connectivity index is 0.00000300. The Morgan fingerprint density at radius 2 is 1.93 bits per heavy atom. The van der Waals surface area contributed by atoms with E-state index in [4.69, 9.17) is 14.2 Å². The van der Waals surface area contributed by atoms with Crippen LogP contribution >= 0.6 is 0 Å². The Bertz CT molecular complexity index is 664. The van der Waals surface area contributed by atoms with Crippen molar-refractivity contribution in [1.82, 2.24) is 0 Å². The Labute approximate surface area is 192 Å². The summed E-state index contributed by atoms with van der Waals surface area (Å²) in [5.41, 5.74) is 0.524. The molecule has 1 aromatic carbocycles. The summed E-state index contributed by atoms with van der Waals surface area (Å²) >= 11 is 0. The summed E-state index contributed by atoms with van der Waals surface area (Å²) in [5.74, 6) is 1.46. The van der Waals surface area contributed by atoms with Gasteiger partial charge in [-0.1, -0.05) is 13.3 Å². The highest BCUT2D eigenvalue weighted by Crippen LogP contribution is 2.36. The zero-order chi connectivity index (χ0) is 20.0. The van der Waals surface area contributed by atoms with Gasteiger partial charge in [-0.2, -0.15) is 0 Å². The van der Waals surface area contributed by atoms with E-state index < -0.39 is 0 Å². The largest absolute Gasteiger partial charge is 1.00 e. The second-order valence-electron chi connectivity index (χ2n) is 8.56. The number of halogens is 1. The number of esters is 1. The van der Waals surface area contributed by atoms with Gasteiger partial charge in [0.2, 0.25) is 0 Å². The highest BCUT2D eigenvalue weighted by atomic mass is 127. The van der Waals surface area contributed by atoms with E-state index in [1.165, 1.54) is 49.7 Å². The molecule has 3 rings (SSSR count). The van der Waals surface area contributed by atoms with Crippen LogP contribution in [0.25, 0.3) is 0 Å². The standard InChI is InChI=1S/C23H36NO4.HI/c1-4-5-15-27-21-12-11-18(16-22(21)26-3)23(25)28-17-19-9-8-14-24(2)13-7-6-10-20(19)24;/h11-12,16,19-20H,4-10,13-15,17H2,1-3H3;1H/q+1;/p-1/t19-,20?,24?;/m1./s1. The molecule has 29 heavy (non-hydrogen) atoms. The van der Waals surface area contributed by atoms with Gasteiger partial charge >= 0.3 is 5.97 Å². The van der Waals surface area contributed by atoms with Crippen LogP contribution in [0.3, 0.4) is 0 Å². The summed E-state index contributed by atoms with van der Waals surface area (Å²) in [4.78, 5) is 12.6. The molecule has 3 atom stereocenters. The number of ether oxygens (including phenoxy) is 3. The summed E-state index contributed by atoms with van der Waals surface area (Å²) in [7, 11) is 3.99. The third-order valence-electron chi connectivity index (χ3n) is 6.59. The predicted molar refractivity (Wildman–Crippen MR) is 110 cm³/mol. The zero-order valence-electron chi connectivity index (χ0n) is 18.1. The van der Waals surface area contributed by atoms with Crippen LogP contribution in [-0.4, -0.2) is 57.0 Å². The number of hydrogen-bond donors (Lipinski definition) is 0. The Kier molecular flexibility index (Phi) is 9.53. The lowest BCUT2D eigenvalue weighted by Crippen LogP contribution is -3.00. The van der Waals surface area contributed by atoms with E-state index >= 15 is 0 Å². The van der Waals surface area contributed by atoms with Crippen molar-refractivity contribution in [3.63, 3.8) is 0 Å². The lowest BCUT2D eigenvalue weighted by molar-refractivity contribution is -0.947. The molecule has 0 aromatic heterocycles. The second kappa shape index (κ2) is 11.4. The van der Waals surface area contributed by atoms with E-state index in [9.17, 15) is 4.79 Å². The quantitative estimate of drug-likeness (QED) is 0.227. The molecule has 0 saturated carbocycles. The number of quaternary nitrogens is 1. The molecule has 164 valence electrons. The van der Waals surface area contributed by atoms with Gasteiger partial charge in [-0.3, -0.25) is 0 Å². The van der Waals surface area contributed by atoms with Crippen LogP contribution in [0.5, 0.6) is 11.5 Å². The van der Waals surface area contributed by atoms with Crippen molar-refractivity contribution in [3.05, 3.63) is 23.8 Å². The zero-order valence-corrected chi connectivity index (χ0v) is 20.3. The average molecular weight is 517 g/mol. The van der Waals surface area contributed by atoms with Crippen molar-refractivity contribution in [3.8, 4) is 11.5 Å². The van der Waals surface area contributed by atoms with Gasteiger partial charge in [0.1, 0.15) is 6.61 Å². The van der Waals surface area contributed by atoms with Gasteiger partial charge in [0.05, 0.1) is 45.5 Å². The molecule has 0 radical (unpaired) electrons. The Morgan fingerprint density at radius 1 is 1.14 bits per heavy atom. The molecule has 2 heterocycles. The molecule has 0 aliphatic carbocycles. The van der Waals surface area contributed by atoms with Crippen LogP contribution < -0.4 is 33.5 Å². The van der Waals surface area contributed by atoms with Crippen LogP contribution in [0.4, 0.5) is 0 Å². The number of carbonyl (C=O) groups is 1. The molecular weight excluding hydrogens is 481 g/mol. The summed E-state index contributed by atoms with van der Waals surface area (Å²) in [5, 5.41) is 0. The summed E-state index contributed by atoms with van der Waals surface area (Å²) < 4.78 is 18.1. The van der Waals surface area contributed by atoms with Crippen molar-refractivity contribution < 1.29 is 47.5 Å². The number of methoxy groups -OCH3 is 1. The van der Waals surface area contributed by atoms with Gasteiger partial charge in [0, 0.05) is 12.3 Å². The summed E-state index contributed by atoms with van der Waals surface area (Å²) in [6, 6.07) is 5.94. The summed E-state index contributed by atoms with van der Waals surface area (Å²) in [6.07, 6.45) is 8.35. The fraction of sp³-hybridized carbons (Fsp3) is 0.696. The molecule has 6 heteroatoms. The van der Waals surface area contributed by atoms with Crippen LogP contribution in [0.15, 0.2) is 18.2 Å². The molecule has 2 unspecified atom stereocenters. The van der Waals surface area contributed by atoms with E-state index in [0.717, 1.165) is 12.8 Å². The van der Waals surface area contributed by atoms with Gasteiger partial charge < -0.3 is 42.7 Å². The van der Waals surface area contributed by atoms with Gasteiger partial charge in [-0.15, -0.1) is 0 Å². The number of hydrogen-bond acceptors (Lipinski definition) is 4. The van der Waals surface area contributed by atoms with E-state index in [-0.39, 0.29) is 29.9 Å². The van der Waals surface area contributed by atoms with E-state index in [0.29, 0.717) is 42.2 Å². The minimum absolute atomic E-state index is 0. The minimum atomic E-state index is -0.269. The number of piperidine rings is 2. The van der Waals surface area contributed by atoms with E-state index in [2.05, 4.69) is 14.0 Å². The predicted octanol–water partition coefficient (Wildman–Crippen LogP) is 1.44. The third-order valence-corrected chi connectivity index (χ3v) is 6.59. The van der Waals surface area contributed by atoms with Crippen molar-refractivity contribution in [1.29, 1.82) is 0 Å². The fourth-order valence-electron chi connectivity index (χ4n) is 4.93. The fourth-order valence-corrected chi connectivity index (χ4v) is 4.93. The van der Waals surface area contributed by atoms with Crippen molar-refractivity contribution in [2.24, 2.45) is 5.92 Å². The Morgan fingerprint density at radius 3 is 2.69 bits per heavy atom. The van der Waals surface area contributed by atoms with Crippen molar-refractivity contribution in [2.75, 3.05) is 40.5 Å². The SMILES string of the molecule is CCCCOc1ccc(C(=O)OC[C@H]2CCC[N+]3(C)CCCCC23)cc1OC.[I-]. The number of benzene rings is 1. The van der Waals surface area contributed by atoms with Crippen LogP contribution in [-0.2, 0) is 4.74 Å². The molecule has 2 aliphatic heterocycles. The maximum absolute atomic E-state index is 12.6. The van der Waals surface area contributed by atoms with Gasteiger partial charge in [-0.25, -0.2) is 4.79 Å². The normalized spacial score (nSPS) is 26.0. The summed E-state index contributed by atoms with van der Waals surface area (Å²) in [6.45, 7) is 5.84. The minimum Gasteiger partial charge on any atom is -1.00 e. The molecule has 0 amide bonds. The van der Waals surface area contributed by atoms with Crippen LogP contribution in [0.1, 0.15) is 62.2 Å². The number of carbonyl (C=O) groups excluding carboxylic acids is 1. The molecule has 2 saturated heterocycles. The molecular formula is C23H36INO4. The molecule has 1 aromatic rings. The lowest BCUT2D eigenvalue weighted by atomic mass is 9.82. The third kappa shape index (κ3) is 6.00. The van der Waals surface area contributed by atoms with Crippen molar-refractivity contribution >= 4 is 5.97 Å². The van der Waals surface area contributed by atoms with Gasteiger partial charge in [0.15, 0.2) is 11.5 Å². The van der Waals surface area contributed by atoms with Gasteiger partial charge in [-0.05, 0) is 50.3 Å². The van der Waals surface area contributed by atoms with Gasteiger partial charge in [0.25, 0.3) is 0 Å². The maximum Gasteiger partial charge on any atom is 0.338 e. The Hall–Kier alpha value is -1.02. The molecule has 2 fully saturated rings. The van der Waals surface area contributed by atoms with E-state index in [1.54, 1.807) is 25.3 Å². The van der Waals surface area contributed by atoms with Crippen LogP contribution in [0.2, 0.25) is 0 Å². The highest BCUT2D eigenvalue weighted by molar-refractivity contribution is 5.90. The first-order chi connectivity index (χ1) is 13.6. The first-order valence-electron chi connectivity index (χ1n) is 10.9. The second-order valence-corrected chi connectivity index (χ2v) is 8.56. The molecule has 0 N–H and O–H groups in total. The number of nitrogens with zero attached hydrogens (tertiary/aromatic N) is 1. The number of rotatable bonds is 8. The smallest absolute Gasteiger partial charge is 0.338 e. The first-order valence-corrected chi connectivity index (χ1v) is 10.9. The number of fused-ring (bicyclic) bond motifs is 1. The van der Waals surface area contributed by atoms with Crippen molar-refractivity contribution in [2.45, 2.75) is 57.9 Å². The first kappa shape index (κ1) is 24.3. The van der Waals surface area contributed by atoms with Crippen LogP contribution in [0, 0.1) is 5.92 Å². The monoisotopic (exact) mass is 517 g/mol. The molecule has 2 aliphatic rings. The number of unbranched alkanes of at least 4 members (excludes halogenated alkanes) is 1. The van der Waals surface area contributed by atoms with E-state index in [1.807, 2.05) is 0 Å². The maximum atomic E-state index is 12.6. The lowest BCUT2D eigenvalue weighted by Gasteiger charge is -2.51. The molecule has 5 nitrogen and oxygen atoms in total. The average Bonchev–Trinajstić information content (AvgIpc) is 2.71. The topological polar surface area (TPSA) is 44.8 Å². The molecule has 0 spiro atoms. The highest BCUT2D eigenvalue weighted by Gasteiger charge is 2.43.